The van der Waals surface area contributed by atoms with E-state index in [4.69, 9.17) is 9.72 Å². The van der Waals surface area contributed by atoms with Crippen LogP contribution in [-0.4, -0.2) is 58.3 Å². The molecule has 2 aliphatic rings. The highest BCUT2D eigenvalue weighted by Crippen LogP contribution is 2.59. The fraction of sp³-hybridized carbons (Fsp3) is 0.562. The summed E-state index contributed by atoms with van der Waals surface area (Å²) in [5.74, 6) is 2.05. The third kappa shape index (κ3) is 6.22. The number of piperidine rings is 1. The molecule has 2 N–H and O–H groups in total. The second-order valence-corrected chi connectivity index (χ2v) is 11.5. The van der Waals surface area contributed by atoms with Gasteiger partial charge in [-0.15, -0.1) is 0 Å². The molecule has 2 aromatic heterocycles. The predicted molar refractivity (Wildman–Crippen MR) is 157 cm³/mol. The Hall–Kier alpha value is -3.26. The first kappa shape index (κ1) is 28.3. The summed E-state index contributed by atoms with van der Waals surface area (Å²) in [5.41, 5.74) is 2.81. The first-order chi connectivity index (χ1) is 19.5. The summed E-state index contributed by atoms with van der Waals surface area (Å²) in [7, 11) is 1.66. The number of likely N-dealkylation sites (tertiary alicyclic amines) is 1. The standard InChI is InChI=1S/C32H43N5O3/c1-4-23(38)11-7-6-8-12-26(36-31(39)25-20-32(25)13-16-37(5-2)17-14-32)30-34-21-28(35-30)24-18-22-10-9-15-33-27(22)19-29(24)40-3/h9-10,15,18-19,21,25-26H,4-8,11-14,16-17,20H2,1-3H3,(H,34,35)(H,36,39)/t25-,26+/m1/s1. The highest BCUT2D eigenvalue weighted by Gasteiger charge is 2.58. The molecule has 1 amide bonds. The number of fused-ring (bicyclic) bond motifs is 1. The van der Waals surface area contributed by atoms with Crippen molar-refractivity contribution in [2.45, 2.75) is 77.7 Å². The molecule has 5 rings (SSSR count). The molecule has 0 bridgehead atoms. The first-order valence-corrected chi connectivity index (χ1v) is 15.0. The summed E-state index contributed by atoms with van der Waals surface area (Å²) in [4.78, 5) is 40.4. The number of ether oxygens (including phenoxy) is 1. The number of hydrogen-bond donors (Lipinski definition) is 2. The Bertz CT molecular complexity index is 1330. The Morgan fingerprint density at radius 2 is 2.00 bits per heavy atom. The number of rotatable bonds is 13. The summed E-state index contributed by atoms with van der Waals surface area (Å²) in [6.45, 7) is 7.38. The van der Waals surface area contributed by atoms with Gasteiger partial charge in [-0.25, -0.2) is 4.98 Å². The summed E-state index contributed by atoms with van der Waals surface area (Å²) in [5, 5.41) is 4.39. The number of carbonyl (C=O) groups excluding carboxylic acids is 2. The SMILES string of the molecule is CCC(=O)CCCCC[C@H](NC(=O)[C@H]1CC12CCN(CC)CC2)c1ncc(-c2cc3cccnc3cc2OC)[nH]1. The van der Waals surface area contributed by atoms with Crippen molar-refractivity contribution in [1.29, 1.82) is 0 Å². The van der Waals surface area contributed by atoms with Crippen molar-refractivity contribution < 1.29 is 14.3 Å². The van der Waals surface area contributed by atoms with Gasteiger partial charge in [-0.1, -0.05) is 32.8 Å². The Balaban J connectivity index is 1.31. The van der Waals surface area contributed by atoms with Gasteiger partial charge in [0.25, 0.3) is 0 Å². The number of Topliss-reactive ketones (excluding diaryl/α,β-unsaturated/α-hetero) is 1. The number of unbranched alkanes of at least 4 members (excludes halogenated alkanes) is 2. The van der Waals surface area contributed by atoms with Gasteiger partial charge in [0, 0.05) is 42.0 Å². The topological polar surface area (TPSA) is 100 Å². The number of benzene rings is 1. The average molecular weight is 546 g/mol. The molecule has 2 fully saturated rings. The summed E-state index contributed by atoms with van der Waals surface area (Å²) >= 11 is 0. The molecule has 2 atom stereocenters. The molecule has 214 valence electrons. The van der Waals surface area contributed by atoms with Gasteiger partial charge in [-0.3, -0.25) is 14.6 Å². The van der Waals surface area contributed by atoms with E-state index in [9.17, 15) is 9.59 Å². The van der Waals surface area contributed by atoms with Gasteiger partial charge in [0.1, 0.15) is 17.4 Å². The number of aromatic amines is 1. The quantitative estimate of drug-likeness (QED) is 0.262. The van der Waals surface area contributed by atoms with E-state index >= 15 is 0 Å². The van der Waals surface area contributed by atoms with E-state index in [1.54, 1.807) is 13.3 Å². The molecular formula is C32H43N5O3. The minimum absolute atomic E-state index is 0.0960. The number of aromatic nitrogens is 3. The maximum atomic E-state index is 13.5. The molecule has 8 nitrogen and oxygen atoms in total. The van der Waals surface area contributed by atoms with Crippen LogP contribution in [0.25, 0.3) is 22.2 Å². The zero-order valence-corrected chi connectivity index (χ0v) is 24.2. The molecule has 40 heavy (non-hydrogen) atoms. The van der Waals surface area contributed by atoms with Gasteiger partial charge < -0.3 is 19.9 Å². The molecule has 0 radical (unpaired) electrons. The van der Waals surface area contributed by atoms with Crippen LogP contribution in [0.1, 0.15) is 83.5 Å². The zero-order chi connectivity index (χ0) is 28.1. The van der Waals surface area contributed by atoms with Crippen molar-refractivity contribution in [3.8, 4) is 17.0 Å². The summed E-state index contributed by atoms with van der Waals surface area (Å²) < 4.78 is 5.69. The van der Waals surface area contributed by atoms with Crippen LogP contribution in [0.15, 0.2) is 36.7 Å². The number of methoxy groups -OCH3 is 1. The van der Waals surface area contributed by atoms with Gasteiger partial charge >= 0.3 is 0 Å². The monoisotopic (exact) mass is 545 g/mol. The van der Waals surface area contributed by atoms with Crippen LogP contribution in [0.3, 0.4) is 0 Å². The van der Waals surface area contributed by atoms with Crippen molar-refractivity contribution in [3.05, 3.63) is 42.5 Å². The van der Waals surface area contributed by atoms with Crippen molar-refractivity contribution in [2.75, 3.05) is 26.7 Å². The third-order valence-corrected chi connectivity index (χ3v) is 9.10. The van der Waals surface area contributed by atoms with E-state index in [1.165, 1.54) is 0 Å². The number of ketones is 1. The maximum Gasteiger partial charge on any atom is 0.224 e. The lowest BCUT2D eigenvalue weighted by atomic mass is 9.90. The molecule has 1 saturated heterocycles. The van der Waals surface area contributed by atoms with Gasteiger partial charge in [0.15, 0.2) is 0 Å². The molecule has 0 unspecified atom stereocenters. The number of nitrogens with zero attached hydrogens (tertiary/aromatic N) is 3. The summed E-state index contributed by atoms with van der Waals surface area (Å²) in [6, 6.07) is 7.76. The first-order valence-electron chi connectivity index (χ1n) is 15.0. The normalized spacial score (nSPS) is 19.0. The highest BCUT2D eigenvalue weighted by atomic mass is 16.5. The Labute approximate surface area is 237 Å². The molecule has 3 aromatic rings. The molecule has 3 heterocycles. The Morgan fingerprint density at radius 1 is 1.18 bits per heavy atom. The minimum Gasteiger partial charge on any atom is -0.496 e. The van der Waals surface area contributed by atoms with Crippen molar-refractivity contribution in [3.63, 3.8) is 0 Å². The van der Waals surface area contributed by atoms with Crippen LogP contribution in [0.4, 0.5) is 0 Å². The lowest BCUT2D eigenvalue weighted by molar-refractivity contribution is -0.124. The highest BCUT2D eigenvalue weighted by molar-refractivity contribution is 5.87. The van der Waals surface area contributed by atoms with Crippen LogP contribution < -0.4 is 10.1 Å². The third-order valence-electron chi connectivity index (χ3n) is 9.10. The maximum absolute atomic E-state index is 13.5. The fourth-order valence-corrected chi connectivity index (χ4v) is 6.29. The van der Waals surface area contributed by atoms with Crippen LogP contribution in [0.2, 0.25) is 0 Å². The van der Waals surface area contributed by atoms with Gasteiger partial charge in [0.2, 0.25) is 5.91 Å². The minimum atomic E-state index is -0.204. The van der Waals surface area contributed by atoms with Crippen LogP contribution in [0, 0.1) is 11.3 Å². The van der Waals surface area contributed by atoms with Crippen LogP contribution in [0.5, 0.6) is 5.75 Å². The molecular weight excluding hydrogens is 502 g/mol. The van der Waals surface area contributed by atoms with E-state index in [-0.39, 0.29) is 23.3 Å². The van der Waals surface area contributed by atoms with Crippen LogP contribution in [-0.2, 0) is 9.59 Å². The molecule has 1 spiro atoms. The van der Waals surface area contributed by atoms with Crippen molar-refractivity contribution in [2.24, 2.45) is 11.3 Å². The predicted octanol–water partition coefficient (Wildman–Crippen LogP) is 5.84. The lowest BCUT2D eigenvalue weighted by Crippen LogP contribution is -2.37. The largest absolute Gasteiger partial charge is 0.496 e. The number of hydrogen-bond acceptors (Lipinski definition) is 6. The lowest BCUT2D eigenvalue weighted by Gasteiger charge is -2.32. The number of H-pyrrole nitrogens is 1. The van der Waals surface area contributed by atoms with E-state index < -0.39 is 0 Å². The zero-order valence-electron chi connectivity index (χ0n) is 24.2. The summed E-state index contributed by atoms with van der Waals surface area (Å²) in [6.07, 6.45) is 11.6. The number of imidazole rings is 1. The van der Waals surface area contributed by atoms with Crippen LogP contribution >= 0.6 is 0 Å². The van der Waals surface area contributed by atoms with Gasteiger partial charge in [-0.05, 0) is 69.3 Å². The van der Waals surface area contributed by atoms with Gasteiger partial charge in [0.05, 0.1) is 30.6 Å². The molecule has 1 aliphatic heterocycles. The fourth-order valence-electron chi connectivity index (χ4n) is 6.29. The number of amides is 1. The second kappa shape index (κ2) is 12.5. The molecule has 8 heteroatoms. The van der Waals surface area contributed by atoms with Crippen molar-refractivity contribution >= 4 is 22.6 Å². The van der Waals surface area contributed by atoms with E-state index in [1.807, 2.05) is 31.3 Å². The number of nitrogens with one attached hydrogen (secondary N) is 2. The van der Waals surface area contributed by atoms with E-state index in [0.717, 1.165) is 98.3 Å². The number of carbonyl (C=O) groups is 2. The molecule has 1 aliphatic carbocycles. The Morgan fingerprint density at radius 3 is 2.75 bits per heavy atom. The van der Waals surface area contributed by atoms with E-state index in [2.05, 4.69) is 33.2 Å². The molecule has 1 aromatic carbocycles. The number of pyridine rings is 1. The van der Waals surface area contributed by atoms with E-state index in [0.29, 0.717) is 18.6 Å². The van der Waals surface area contributed by atoms with Gasteiger partial charge in [-0.2, -0.15) is 0 Å². The van der Waals surface area contributed by atoms with Crippen molar-refractivity contribution in [1.82, 2.24) is 25.2 Å². The smallest absolute Gasteiger partial charge is 0.224 e. The second-order valence-electron chi connectivity index (χ2n) is 11.5. The Kier molecular flexibility index (Phi) is 8.84. The average Bonchev–Trinajstić information content (AvgIpc) is 3.46. The molecule has 1 saturated carbocycles.